The highest BCUT2D eigenvalue weighted by molar-refractivity contribution is 5.76. The molecule has 1 heterocycles. The van der Waals surface area contributed by atoms with Gasteiger partial charge in [-0.25, -0.2) is 0 Å². The summed E-state index contributed by atoms with van der Waals surface area (Å²) in [6.07, 6.45) is 5.75. The molecule has 1 aliphatic heterocycles. The Morgan fingerprint density at radius 3 is 2.55 bits per heavy atom. The second-order valence-electron chi connectivity index (χ2n) is 7.55. The first-order valence-corrected chi connectivity index (χ1v) is 7.58. The lowest BCUT2D eigenvalue weighted by atomic mass is 9.80. The van der Waals surface area contributed by atoms with Crippen molar-refractivity contribution in [1.82, 2.24) is 5.32 Å². The Balaban J connectivity index is 2.01. The lowest BCUT2D eigenvalue weighted by molar-refractivity contribution is 0.297. The van der Waals surface area contributed by atoms with E-state index in [0.717, 1.165) is 19.3 Å². The van der Waals surface area contributed by atoms with Crippen molar-refractivity contribution < 1.29 is 0 Å². The molecule has 0 spiro atoms. The van der Waals surface area contributed by atoms with Crippen LogP contribution >= 0.6 is 0 Å². The van der Waals surface area contributed by atoms with E-state index >= 15 is 0 Å². The molecule has 0 saturated heterocycles. The van der Waals surface area contributed by atoms with Gasteiger partial charge in [-0.15, -0.1) is 0 Å². The van der Waals surface area contributed by atoms with Crippen molar-refractivity contribution in [2.24, 2.45) is 0 Å². The lowest BCUT2D eigenvalue weighted by Gasteiger charge is -2.41. The standard InChI is InChI=1S/C19H25N/c1-13-6-7-15-10-14(8-9-17(13)15)16-11-18(2,3)20-19(4,5)12-16/h8-11,20H,1,6-7,12H2,2-5H3. The molecule has 3 rings (SSSR count). The van der Waals surface area contributed by atoms with Crippen LogP contribution in [0.25, 0.3) is 11.1 Å². The second kappa shape index (κ2) is 4.33. The summed E-state index contributed by atoms with van der Waals surface area (Å²) in [4.78, 5) is 0. The van der Waals surface area contributed by atoms with E-state index in [2.05, 4.69) is 63.9 Å². The predicted molar refractivity (Wildman–Crippen MR) is 87.7 cm³/mol. The molecule has 0 bridgehead atoms. The number of fused-ring (bicyclic) bond motifs is 1. The molecule has 1 nitrogen and oxygen atoms in total. The average molecular weight is 267 g/mol. The lowest BCUT2D eigenvalue weighted by Crippen LogP contribution is -2.53. The molecule has 1 heteroatoms. The van der Waals surface area contributed by atoms with Crippen LogP contribution in [0.3, 0.4) is 0 Å². The van der Waals surface area contributed by atoms with Crippen LogP contribution in [0.4, 0.5) is 0 Å². The Labute approximate surface area is 122 Å². The van der Waals surface area contributed by atoms with E-state index in [-0.39, 0.29) is 11.1 Å². The SMILES string of the molecule is C=C1CCc2cc(C3=CC(C)(C)NC(C)(C)C3)ccc21. The number of hydrogen-bond acceptors (Lipinski definition) is 1. The number of nitrogens with one attached hydrogen (secondary N) is 1. The number of rotatable bonds is 1. The van der Waals surface area contributed by atoms with Crippen molar-refractivity contribution in [2.75, 3.05) is 0 Å². The molecule has 106 valence electrons. The maximum absolute atomic E-state index is 4.16. The molecule has 1 aromatic carbocycles. The first-order chi connectivity index (χ1) is 9.26. The van der Waals surface area contributed by atoms with Crippen molar-refractivity contribution in [2.45, 2.75) is 58.0 Å². The summed E-state index contributed by atoms with van der Waals surface area (Å²) in [5, 5.41) is 3.70. The first kappa shape index (κ1) is 13.6. The fourth-order valence-corrected chi connectivity index (χ4v) is 3.87. The molecule has 0 radical (unpaired) electrons. The minimum absolute atomic E-state index is 0.0553. The Hall–Kier alpha value is -1.34. The summed E-state index contributed by atoms with van der Waals surface area (Å²) in [6.45, 7) is 13.2. The van der Waals surface area contributed by atoms with Gasteiger partial charge in [-0.1, -0.05) is 30.9 Å². The molecule has 1 aliphatic carbocycles. The zero-order chi connectivity index (χ0) is 14.5. The molecule has 20 heavy (non-hydrogen) atoms. The average Bonchev–Trinajstić information content (AvgIpc) is 2.67. The van der Waals surface area contributed by atoms with Crippen molar-refractivity contribution in [3.8, 4) is 0 Å². The van der Waals surface area contributed by atoms with Gasteiger partial charge < -0.3 is 5.32 Å². The fraction of sp³-hybridized carbons (Fsp3) is 0.474. The van der Waals surface area contributed by atoms with E-state index < -0.39 is 0 Å². The molecule has 1 N–H and O–H groups in total. The number of aryl methyl sites for hydroxylation is 1. The van der Waals surface area contributed by atoms with Crippen LogP contribution in [0.1, 0.15) is 57.2 Å². The third-order valence-corrected chi connectivity index (χ3v) is 4.38. The van der Waals surface area contributed by atoms with Gasteiger partial charge in [0.05, 0.1) is 0 Å². The van der Waals surface area contributed by atoms with E-state index in [0.29, 0.717) is 0 Å². The highest BCUT2D eigenvalue weighted by Gasteiger charge is 2.32. The van der Waals surface area contributed by atoms with Crippen LogP contribution in [-0.2, 0) is 6.42 Å². The van der Waals surface area contributed by atoms with Crippen LogP contribution in [-0.4, -0.2) is 11.1 Å². The summed E-state index contributed by atoms with van der Waals surface area (Å²) >= 11 is 0. The summed E-state index contributed by atoms with van der Waals surface area (Å²) < 4.78 is 0. The van der Waals surface area contributed by atoms with E-state index in [9.17, 15) is 0 Å². The van der Waals surface area contributed by atoms with Gasteiger partial charge in [0, 0.05) is 11.1 Å². The third-order valence-electron chi connectivity index (χ3n) is 4.38. The quantitative estimate of drug-likeness (QED) is 0.785. The van der Waals surface area contributed by atoms with Crippen LogP contribution in [0.5, 0.6) is 0 Å². The number of hydrogen-bond donors (Lipinski definition) is 1. The topological polar surface area (TPSA) is 12.0 Å². The highest BCUT2D eigenvalue weighted by Crippen LogP contribution is 2.37. The van der Waals surface area contributed by atoms with Gasteiger partial charge in [-0.3, -0.25) is 0 Å². The smallest absolute Gasteiger partial charge is 0.0317 e. The van der Waals surface area contributed by atoms with Gasteiger partial charge in [0.1, 0.15) is 0 Å². The van der Waals surface area contributed by atoms with E-state index in [1.165, 1.54) is 27.8 Å². The minimum Gasteiger partial charge on any atom is -0.303 e. The molecule has 0 fully saturated rings. The van der Waals surface area contributed by atoms with Gasteiger partial charge in [0.25, 0.3) is 0 Å². The monoisotopic (exact) mass is 267 g/mol. The predicted octanol–water partition coefficient (Wildman–Crippen LogP) is 4.58. The Morgan fingerprint density at radius 1 is 1.10 bits per heavy atom. The second-order valence-corrected chi connectivity index (χ2v) is 7.55. The third kappa shape index (κ3) is 2.47. The Morgan fingerprint density at radius 2 is 1.85 bits per heavy atom. The molecule has 0 amide bonds. The molecule has 2 aliphatic rings. The maximum Gasteiger partial charge on any atom is 0.0317 e. The summed E-state index contributed by atoms with van der Waals surface area (Å²) in [5.41, 5.74) is 7.21. The molecule has 0 atom stereocenters. The Kier molecular flexibility index (Phi) is 2.95. The van der Waals surface area contributed by atoms with Crippen molar-refractivity contribution in [1.29, 1.82) is 0 Å². The van der Waals surface area contributed by atoms with E-state index in [4.69, 9.17) is 0 Å². The van der Waals surface area contributed by atoms with Crippen LogP contribution in [0.2, 0.25) is 0 Å². The van der Waals surface area contributed by atoms with Crippen LogP contribution in [0, 0.1) is 0 Å². The fourth-order valence-electron chi connectivity index (χ4n) is 3.87. The molecule has 0 aromatic heterocycles. The van der Waals surface area contributed by atoms with Gasteiger partial charge >= 0.3 is 0 Å². The van der Waals surface area contributed by atoms with E-state index in [1.807, 2.05) is 0 Å². The molecule has 0 saturated carbocycles. The Bertz CT molecular complexity index is 602. The molecule has 0 unspecified atom stereocenters. The minimum atomic E-state index is 0.0553. The zero-order valence-corrected chi connectivity index (χ0v) is 13.1. The zero-order valence-electron chi connectivity index (χ0n) is 13.1. The number of benzene rings is 1. The summed E-state index contributed by atoms with van der Waals surface area (Å²) in [6, 6.07) is 6.93. The van der Waals surface area contributed by atoms with Crippen LogP contribution in [0.15, 0.2) is 30.9 Å². The molecule has 1 aromatic rings. The molecular weight excluding hydrogens is 242 g/mol. The van der Waals surface area contributed by atoms with Crippen LogP contribution < -0.4 is 5.32 Å². The van der Waals surface area contributed by atoms with Gasteiger partial charge in [-0.05, 0) is 74.8 Å². The van der Waals surface area contributed by atoms with Crippen molar-refractivity contribution in [3.63, 3.8) is 0 Å². The summed E-state index contributed by atoms with van der Waals surface area (Å²) in [5.74, 6) is 0. The van der Waals surface area contributed by atoms with Gasteiger partial charge in [0.15, 0.2) is 0 Å². The number of allylic oxidation sites excluding steroid dienone is 1. The van der Waals surface area contributed by atoms with Crippen molar-refractivity contribution in [3.05, 3.63) is 47.5 Å². The maximum atomic E-state index is 4.16. The van der Waals surface area contributed by atoms with Crippen molar-refractivity contribution >= 4 is 11.1 Å². The van der Waals surface area contributed by atoms with Gasteiger partial charge in [0.2, 0.25) is 0 Å². The first-order valence-electron chi connectivity index (χ1n) is 7.58. The highest BCUT2D eigenvalue weighted by atomic mass is 15.0. The molecular formula is C19H25N. The summed E-state index contributed by atoms with van der Waals surface area (Å²) in [7, 11) is 0. The largest absolute Gasteiger partial charge is 0.303 e. The van der Waals surface area contributed by atoms with Gasteiger partial charge in [-0.2, -0.15) is 0 Å². The normalized spacial score (nSPS) is 23.4. The van der Waals surface area contributed by atoms with E-state index in [1.54, 1.807) is 0 Å².